The fourth-order valence-electron chi connectivity index (χ4n) is 1.90. The van der Waals surface area contributed by atoms with Crippen LogP contribution in [0, 0.1) is 5.41 Å². The quantitative estimate of drug-likeness (QED) is 0.816. The molecule has 0 spiro atoms. The lowest BCUT2D eigenvalue weighted by Gasteiger charge is -2.30. The van der Waals surface area contributed by atoms with Crippen molar-refractivity contribution in [2.24, 2.45) is 5.41 Å². The Balaban J connectivity index is 2.89. The molecule has 5 heteroatoms. The van der Waals surface area contributed by atoms with Crippen LogP contribution < -0.4 is 0 Å². The molecule has 1 N–H and O–H groups in total. The van der Waals surface area contributed by atoms with Crippen LogP contribution in [0.15, 0.2) is 18.2 Å². The predicted molar refractivity (Wildman–Crippen MR) is 93.8 cm³/mol. The zero-order chi connectivity index (χ0) is 17.8. The number of rotatable bonds is 4. The molecule has 1 aromatic rings. The van der Waals surface area contributed by atoms with Gasteiger partial charge in [-0.3, -0.25) is 0 Å². The average Bonchev–Trinajstić information content (AvgIpc) is 2.35. The molecule has 23 heavy (non-hydrogen) atoms. The van der Waals surface area contributed by atoms with Gasteiger partial charge in [-0.05, 0) is 50.3 Å². The van der Waals surface area contributed by atoms with Gasteiger partial charge in [0.15, 0.2) is 0 Å². The van der Waals surface area contributed by atoms with Crippen LogP contribution in [-0.4, -0.2) is 28.2 Å². The third kappa shape index (κ3) is 7.60. The molecular formula is C18H28ClNO3. The van der Waals surface area contributed by atoms with Crippen LogP contribution in [0.1, 0.15) is 53.5 Å². The van der Waals surface area contributed by atoms with Crippen LogP contribution in [0.2, 0.25) is 5.02 Å². The second-order valence-electron chi connectivity index (χ2n) is 8.00. The largest absolute Gasteiger partial charge is 0.506 e. The Kier molecular flexibility index (Phi) is 6.34. The molecule has 1 amide bonds. The fourth-order valence-corrected chi connectivity index (χ4v) is 2.10. The van der Waals surface area contributed by atoms with Crippen molar-refractivity contribution in [3.63, 3.8) is 0 Å². The molecule has 0 aliphatic rings. The summed E-state index contributed by atoms with van der Waals surface area (Å²) in [5.74, 6) is 0.0360. The van der Waals surface area contributed by atoms with E-state index in [1.165, 1.54) is 6.07 Å². The van der Waals surface area contributed by atoms with E-state index in [1.54, 1.807) is 17.0 Å². The molecule has 0 unspecified atom stereocenters. The van der Waals surface area contributed by atoms with Crippen LogP contribution in [-0.2, 0) is 11.3 Å². The van der Waals surface area contributed by atoms with Crippen LogP contribution in [0.5, 0.6) is 5.75 Å². The van der Waals surface area contributed by atoms with Crippen LogP contribution in [0.4, 0.5) is 4.79 Å². The summed E-state index contributed by atoms with van der Waals surface area (Å²) in [4.78, 5) is 14.1. The normalized spacial score (nSPS) is 12.1. The lowest BCUT2D eigenvalue weighted by atomic mass is 9.92. The Bertz CT molecular complexity index is 544. The molecule has 1 rings (SSSR count). The summed E-state index contributed by atoms with van der Waals surface area (Å²) >= 11 is 5.95. The standard InChI is InChI=1S/C18H28ClNO3/c1-17(2,3)9-10-20(16(22)23-18(4,5)6)12-13-7-8-15(21)14(19)11-13/h7-8,11,21H,9-10,12H2,1-6H3. The molecule has 130 valence electrons. The smallest absolute Gasteiger partial charge is 0.410 e. The lowest BCUT2D eigenvalue weighted by molar-refractivity contribution is 0.0215. The van der Waals surface area contributed by atoms with Gasteiger partial charge in [-0.1, -0.05) is 38.4 Å². The van der Waals surface area contributed by atoms with E-state index in [1.807, 2.05) is 20.8 Å². The topological polar surface area (TPSA) is 49.8 Å². The lowest BCUT2D eigenvalue weighted by Crippen LogP contribution is -2.38. The number of nitrogens with zero attached hydrogens (tertiary/aromatic N) is 1. The van der Waals surface area contributed by atoms with Gasteiger partial charge in [-0.15, -0.1) is 0 Å². The molecule has 0 saturated carbocycles. The number of carbonyl (C=O) groups is 1. The summed E-state index contributed by atoms with van der Waals surface area (Å²) in [5.41, 5.74) is 0.434. The van der Waals surface area contributed by atoms with Gasteiger partial charge in [-0.2, -0.15) is 0 Å². The number of benzene rings is 1. The number of halogens is 1. The van der Waals surface area contributed by atoms with Crippen LogP contribution >= 0.6 is 11.6 Å². The zero-order valence-electron chi connectivity index (χ0n) is 14.9. The summed E-state index contributed by atoms with van der Waals surface area (Å²) in [6, 6.07) is 4.97. The molecule has 4 nitrogen and oxygen atoms in total. The van der Waals surface area contributed by atoms with Gasteiger partial charge in [0.25, 0.3) is 0 Å². The zero-order valence-corrected chi connectivity index (χ0v) is 15.7. The van der Waals surface area contributed by atoms with Crippen molar-refractivity contribution in [1.29, 1.82) is 0 Å². The van der Waals surface area contributed by atoms with Crippen molar-refractivity contribution < 1.29 is 14.6 Å². The Hall–Kier alpha value is -1.42. The SMILES string of the molecule is CC(C)(C)CCN(Cc1ccc(O)c(Cl)c1)C(=O)OC(C)(C)C. The molecular weight excluding hydrogens is 314 g/mol. The van der Waals surface area contributed by atoms with Crippen LogP contribution in [0.25, 0.3) is 0 Å². The first-order valence-electron chi connectivity index (χ1n) is 7.83. The minimum Gasteiger partial charge on any atom is -0.506 e. The van der Waals surface area contributed by atoms with Crippen molar-refractivity contribution in [2.75, 3.05) is 6.54 Å². The molecule has 0 aliphatic carbocycles. The monoisotopic (exact) mass is 341 g/mol. The molecule has 0 fully saturated rings. The summed E-state index contributed by atoms with van der Waals surface area (Å²) in [5, 5.41) is 9.79. The summed E-state index contributed by atoms with van der Waals surface area (Å²) in [6.45, 7) is 13.0. The van der Waals surface area contributed by atoms with E-state index in [9.17, 15) is 9.90 Å². The third-order valence-corrected chi connectivity index (χ3v) is 3.47. The molecule has 1 aromatic carbocycles. The predicted octanol–water partition coefficient (Wildman–Crippen LogP) is 5.22. The first kappa shape index (κ1) is 19.6. The van der Waals surface area contributed by atoms with Gasteiger partial charge >= 0.3 is 6.09 Å². The summed E-state index contributed by atoms with van der Waals surface area (Å²) in [6.07, 6.45) is 0.517. The van der Waals surface area contributed by atoms with E-state index >= 15 is 0 Å². The highest BCUT2D eigenvalue weighted by Gasteiger charge is 2.24. The molecule has 0 aromatic heterocycles. The van der Waals surface area contributed by atoms with Crippen LogP contribution in [0.3, 0.4) is 0 Å². The highest BCUT2D eigenvalue weighted by Crippen LogP contribution is 2.25. The first-order valence-corrected chi connectivity index (χ1v) is 8.20. The molecule has 0 atom stereocenters. The van der Waals surface area contributed by atoms with Crippen molar-refractivity contribution in [3.8, 4) is 5.75 Å². The molecule has 0 aliphatic heterocycles. The molecule has 0 heterocycles. The summed E-state index contributed by atoms with van der Waals surface area (Å²) in [7, 11) is 0. The summed E-state index contributed by atoms with van der Waals surface area (Å²) < 4.78 is 5.50. The minimum atomic E-state index is -0.538. The number of hydrogen-bond acceptors (Lipinski definition) is 3. The van der Waals surface area contributed by atoms with Gasteiger partial charge in [0.2, 0.25) is 0 Å². The van der Waals surface area contributed by atoms with Crippen molar-refractivity contribution in [3.05, 3.63) is 28.8 Å². The van der Waals surface area contributed by atoms with Crippen molar-refractivity contribution >= 4 is 17.7 Å². The maximum Gasteiger partial charge on any atom is 0.410 e. The molecule has 0 bridgehead atoms. The van der Waals surface area contributed by atoms with Gasteiger partial charge < -0.3 is 14.7 Å². The van der Waals surface area contributed by atoms with E-state index in [4.69, 9.17) is 16.3 Å². The number of amides is 1. The van der Waals surface area contributed by atoms with Crippen molar-refractivity contribution in [1.82, 2.24) is 4.90 Å². The Morgan fingerprint density at radius 2 is 1.83 bits per heavy atom. The second-order valence-corrected chi connectivity index (χ2v) is 8.41. The van der Waals surface area contributed by atoms with Gasteiger partial charge in [-0.25, -0.2) is 4.79 Å². The number of phenols is 1. The highest BCUT2D eigenvalue weighted by atomic mass is 35.5. The van der Waals surface area contributed by atoms with Gasteiger partial charge in [0, 0.05) is 13.1 Å². The Morgan fingerprint density at radius 1 is 1.22 bits per heavy atom. The number of carbonyl (C=O) groups excluding carboxylic acids is 1. The first-order chi connectivity index (χ1) is 10.4. The molecule has 0 radical (unpaired) electrons. The van der Waals surface area contributed by atoms with Crippen molar-refractivity contribution in [2.45, 2.75) is 60.1 Å². The average molecular weight is 342 g/mol. The Morgan fingerprint density at radius 3 is 2.30 bits per heavy atom. The van der Waals surface area contributed by atoms with E-state index in [-0.39, 0.29) is 22.3 Å². The second kappa shape index (κ2) is 7.43. The van der Waals surface area contributed by atoms with E-state index < -0.39 is 5.60 Å². The highest BCUT2D eigenvalue weighted by molar-refractivity contribution is 6.32. The number of hydrogen-bond donors (Lipinski definition) is 1. The van der Waals surface area contributed by atoms with Gasteiger partial charge in [0.05, 0.1) is 5.02 Å². The van der Waals surface area contributed by atoms with Gasteiger partial charge in [0.1, 0.15) is 11.4 Å². The fraction of sp³-hybridized carbons (Fsp3) is 0.611. The van der Waals surface area contributed by atoms with E-state index in [0.29, 0.717) is 13.1 Å². The number of ether oxygens (including phenoxy) is 1. The molecule has 0 saturated heterocycles. The number of phenolic OH excluding ortho intramolecular Hbond substituents is 1. The minimum absolute atomic E-state index is 0.0360. The Labute approximate surface area is 144 Å². The number of aromatic hydroxyl groups is 1. The maximum atomic E-state index is 12.5. The maximum absolute atomic E-state index is 12.5. The van der Waals surface area contributed by atoms with E-state index in [0.717, 1.165) is 12.0 Å². The third-order valence-electron chi connectivity index (χ3n) is 3.17. The van der Waals surface area contributed by atoms with E-state index in [2.05, 4.69) is 20.8 Å².